The van der Waals surface area contributed by atoms with Gasteiger partial charge in [-0.1, -0.05) is 32.3 Å². The number of anilines is 1. The van der Waals surface area contributed by atoms with Crippen LogP contribution in [0.2, 0.25) is 0 Å². The van der Waals surface area contributed by atoms with Gasteiger partial charge in [-0.3, -0.25) is 4.79 Å². The zero-order valence-corrected chi connectivity index (χ0v) is 23.3. The third-order valence-corrected chi connectivity index (χ3v) is 6.62. The van der Waals surface area contributed by atoms with Crippen molar-refractivity contribution >= 4 is 40.3 Å². The summed E-state index contributed by atoms with van der Waals surface area (Å²) in [6.45, 7) is 7.87. The number of hydrogen-bond acceptors (Lipinski definition) is 9. The van der Waals surface area contributed by atoms with E-state index >= 15 is 0 Å². The first-order valence-corrected chi connectivity index (χ1v) is 13.3. The van der Waals surface area contributed by atoms with Crippen molar-refractivity contribution in [3.05, 3.63) is 45.3 Å². The number of carbonyl (C=O) groups is 3. The van der Waals surface area contributed by atoms with E-state index in [0.717, 1.165) is 37.0 Å². The Morgan fingerprint density at radius 1 is 1.03 bits per heavy atom. The number of thiophene rings is 1. The molecule has 1 heterocycles. The van der Waals surface area contributed by atoms with Crippen molar-refractivity contribution in [3.63, 3.8) is 0 Å². The molecular formula is C28H34N2O7S. The molecule has 0 spiro atoms. The van der Waals surface area contributed by atoms with Crippen LogP contribution in [0.25, 0.3) is 6.08 Å². The maximum Gasteiger partial charge on any atom is 0.348 e. The Morgan fingerprint density at radius 3 is 2.37 bits per heavy atom. The summed E-state index contributed by atoms with van der Waals surface area (Å²) in [5.74, 6) is -1.00. The van der Waals surface area contributed by atoms with Gasteiger partial charge in [0.05, 0.1) is 32.5 Å². The largest absolute Gasteiger partial charge is 0.493 e. The molecule has 0 saturated carbocycles. The van der Waals surface area contributed by atoms with Gasteiger partial charge >= 0.3 is 11.9 Å². The van der Waals surface area contributed by atoms with Crippen LogP contribution in [0.5, 0.6) is 11.5 Å². The lowest BCUT2D eigenvalue weighted by atomic mass is 10.1. The normalized spacial score (nSPS) is 10.9. The minimum Gasteiger partial charge on any atom is -0.493 e. The molecular weight excluding hydrogens is 508 g/mol. The lowest BCUT2D eigenvalue weighted by Gasteiger charge is -2.11. The van der Waals surface area contributed by atoms with Crippen LogP contribution in [0, 0.1) is 18.3 Å². The standard InChI is InChI=1S/C28H34N2O7S/c1-6-9-10-11-14-37-21-13-12-19(16-22(21)34-5)15-20(17-29)25(31)30-26-23(27(32)35-7-2)18(4)24(38-26)28(33)36-8-3/h12-13,15-16H,6-11,14H2,1-5H3,(H,30,31)/b20-15+. The lowest BCUT2D eigenvalue weighted by molar-refractivity contribution is -0.112. The highest BCUT2D eigenvalue weighted by molar-refractivity contribution is 7.18. The molecule has 0 bridgehead atoms. The first-order chi connectivity index (χ1) is 18.3. The molecule has 1 N–H and O–H groups in total. The average molecular weight is 543 g/mol. The number of ether oxygens (including phenoxy) is 4. The third kappa shape index (κ3) is 8.08. The summed E-state index contributed by atoms with van der Waals surface area (Å²) in [5.41, 5.74) is 0.721. The molecule has 2 rings (SSSR count). The SMILES string of the molecule is CCCCCCOc1ccc(/C=C(\C#N)C(=O)Nc2sc(C(=O)OCC)c(C)c2C(=O)OCC)cc1OC. The molecule has 1 aromatic carbocycles. The minimum atomic E-state index is -0.745. The van der Waals surface area contributed by atoms with Crippen molar-refractivity contribution in [2.75, 3.05) is 32.2 Å². The second-order valence-electron chi connectivity index (χ2n) is 8.14. The lowest BCUT2D eigenvalue weighted by Crippen LogP contribution is -2.16. The molecule has 0 radical (unpaired) electrons. The highest BCUT2D eigenvalue weighted by Gasteiger charge is 2.28. The van der Waals surface area contributed by atoms with Gasteiger partial charge in [0.1, 0.15) is 21.5 Å². The van der Waals surface area contributed by atoms with Crippen molar-refractivity contribution < 1.29 is 33.3 Å². The Bertz CT molecular complexity index is 1210. The third-order valence-electron chi connectivity index (χ3n) is 5.43. The fourth-order valence-corrected chi connectivity index (χ4v) is 4.62. The summed E-state index contributed by atoms with van der Waals surface area (Å²) in [5, 5.41) is 12.4. The first kappa shape index (κ1) is 30.4. The van der Waals surface area contributed by atoms with Gasteiger partial charge in [0, 0.05) is 0 Å². The molecule has 9 nitrogen and oxygen atoms in total. The van der Waals surface area contributed by atoms with Gasteiger partial charge in [0.15, 0.2) is 11.5 Å². The van der Waals surface area contributed by atoms with E-state index in [4.69, 9.17) is 18.9 Å². The summed E-state index contributed by atoms with van der Waals surface area (Å²) in [6, 6.07) is 7.00. The Kier molecular flexibility index (Phi) is 12.3. The molecule has 0 unspecified atom stereocenters. The van der Waals surface area contributed by atoms with E-state index < -0.39 is 17.8 Å². The van der Waals surface area contributed by atoms with Gasteiger partial charge in [-0.2, -0.15) is 5.26 Å². The number of carbonyl (C=O) groups excluding carboxylic acids is 3. The van der Waals surface area contributed by atoms with Crippen LogP contribution >= 0.6 is 11.3 Å². The maximum atomic E-state index is 13.0. The number of hydrogen-bond donors (Lipinski definition) is 1. The van der Waals surface area contributed by atoms with Crippen LogP contribution in [0.3, 0.4) is 0 Å². The Labute approximate surface area is 227 Å². The van der Waals surface area contributed by atoms with Crippen LogP contribution < -0.4 is 14.8 Å². The van der Waals surface area contributed by atoms with Crippen molar-refractivity contribution in [1.29, 1.82) is 5.26 Å². The topological polar surface area (TPSA) is 124 Å². The van der Waals surface area contributed by atoms with E-state index in [-0.39, 0.29) is 34.2 Å². The van der Waals surface area contributed by atoms with Crippen molar-refractivity contribution in [3.8, 4) is 17.6 Å². The van der Waals surface area contributed by atoms with Gasteiger partial charge in [-0.15, -0.1) is 11.3 Å². The molecule has 0 atom stereocenters. The number of benzene rings is 1. The molecule has 0 aliphatic rings. The van der Waals surface area contributed by atoms with E-state index in [1.165, 1.54) is 13.2 Å². The molecule has 0 aliphatic heterocycles. The monoisotopic (exact) mass is 542 g/mol. The number of methoxy groups -OCH3 is 1. The van der Waals surface area contributed by atoms with E-state index in [0.29, 0.717) is 29.2 Å². The highest BCUT2D eigenvalue weighted by atomic mass is 32.1. The number of nitriles is 1. The Morgan fingerprint density at radius 2 is 1.74 bits per heavy atom. The predicted molar refractivity (Wildman–Crippen MR) is 146 cm³/mol. The van der Waals surface area contributed by atoms with Crippen LogP contribution in [0.1, 0.15) is 77.6 Å². The zero-order valence-electron chi connectivity index (χ0n) is 22.5. The number of nitrogens with one attached hydrogen (secondary N) is 1. The fraction of sp³-hybridized carbons (Fsp3) is 0.429. The quantitative estimate of drug-likeness (QED) is 0.135. The average Bonchev–Trinajstić information content (AvgIpc) is 3.23. The van der Waals surface area contributed by atoms with Crippen molar-refractivity contribution in [1.82, 2.24) is 0 Å². The van der Waals surface area contributed by atoms with Gasteiger partial charge < -0.3 is 24.3 Å². The molecule has 2 aromatic rings. The van der Waals surface area contributed by atoms with Crippen LogP contribution in [0.15, 0.2) is 23.8 Å². The second-order valence-corrected chi connectivity index (χ2v) is 9.17. The highest BCUT2D eigenvalue weighted by Crippen LogP contribution is 2.35. The van der Waals surface area contributed by atoms with Crippen LogP contribution in [0.4, 0.5) is 5.00 Å². The molecule has 1 amide bonds. The number of rotatable bonds is 14. The number of esters is 2. The smallest absolute Gasteiger partial charge is 0.348 e. The summed E-state index contributed by atoms with van der Waals surface area (Å²) in [6.07, 6.45) is 5.72. The number of unbranched alkanes of at least 4 members (excludes halogenated alkanes) is 3. The Hall–Kier alpha value is -3.84. The van der Waals surface area contributed by atoms with E-state index in [2.05, 4.69) is 12.2 Å². The summed E-state index contributed by atoms with van der Waals surface area (Å²) in [4.78, 5) is 38.2. The molecule has 1 aromatic heterocycles. The first-order valence-electron chi connectivity index (χ1n) is 12.5. The van der Waals surface area contributed by atoms with Crippen LogP contribution in [-0.4, -0.2) is 44.8 Å². The molecule has 0 fully saturated rings. The maximum absolute atomic E-state index is 13.0. The summed E-state index contributed by atoms with van der Waals surface area (Å²) < 4.78 is 21.4. The molecule has 0 aliphatic carbocycles. The van der Waals surface area contributed by atoms with Crippen LogP contribution in [-0.2, 0) is 14.3 Å². The summed E-state index contributed by atoms with van der Waals surface area (Å²) in [7, 11) is 1.52. The molecule has 38 heavy (non-hydrogen) atoms. The van der Waals surface area contributed by atoms with Crippen molar-refractivity contribution in [2.45, 2.75) is 53.4 Å². The van der Waals surface area contributed by atoms with E-state index in [9.17, 15) is 19.6 Å². The van der Waals surface area contributed by atoms with Gasteiger partial charge in [-0.05, 0) is 56.5 Å². The van der Waals surface area contributed by atoms with Gasteiger partial charge in [-0.25, -0.2) is 9.59 Å². The zero-order chi connectivity index (χ0) is 28.1. The van der Waals surface area contributed by atoms with E-state index in [1.54, 1.807) is 39.0 Å². The fourth-order valence-electron chi connectivity index (χ4n) is 3.53. The number of nitrogens with zero attached hydrogens (tertiary/aromatic N) is 1. The molecule has 204 valence electrons. The van der Waals surface area contributed by atoms with Gasteiger partial charge in [0.25, 0.3) is 5.91 Å². The second kappa shape index (κ2) is 15.4. The Balaban J connectivity index is 2.30. The van der Waals surface area contributed by atoms with E-state index in [1.807, 2.05) is 6.07 Å². The molecule has 10 heteroatoms. The van der Waals surface area contributed by atoms with Gasteiger partial charge in [0.2, 0.25) is 0 Å². The predicted octanol–water partition coefficient (Wildman–Crippen LogP) is 5.92. The molecule has 0 saturated heterocycles. The summed E-state index contributed by atoms with van der Waals surface area (Å²) >= 11 is 0.891. The minimum absolute atomic E-state index is 0.0488. The van der Waals surface area contributed by atoms with Crippen molar-refractivity contribution in [2.24, 2.45) is 0 Å². The number of amides is 1.